The highest BCUT2D eigenvalue weighted by Crippen LogP contribution is 2.51. The van der Waals surface area contributed by atoms with Crippen molar-refractivity contribution in [1.82, 2.24) is 0 Å². The van der Waals surface area contributed by atoms with Crippen LogP contribution in [0.5, 0.6) is 23.0 Å². The lowest BCUT2D eigenvalue weighted by Crippen LogP contribution is -2.09. The van der Waals surface area contributed by atoms with Gasteiger partial charge in [0.1, 0.15) is 23.0 Å². The summed E-state index contributed by atoms with van der Waals surface area (Å²) in [6.45, 7) is 0. The first-order valence-electron chi connectivity index (χ1n) is 24.1. The second kappa shape index (κ2) is 17.9. The van der Waals surface area contributed by atoms with Gasteiger partial charge < -0.3 is 14.4 Å². The summed E-state index contributed by atoms with van der Waals surface area (Å²) in [5.74, 6) is 3.14. The molecule has 0 unspecified atom stereocenters. The number of para-hydroxylation sites is 2. The van der Waals surface area contributed by atoms with Gasteiger partial charge in [0.25, 0.3) is 0 Å². The highest BCUT2D eigenvalue weighted by molar-refractivity contribution is 6.33. The van der Waals surface area contributed by atoms with Gasteiger partial charge in [0.15, 0.2) is 0 Å². The molecule has 13 rings (SSSR count). The molecule has 0 bridgehead atoms. The summed E-state index contributed by atoms with van der Waals surface area (Å²) in [6.07, 6.45) is 0. The van der Waals surface area contributed by atoms with E-state index in [9.17, 15) is 0 Å². The fraction of sp³-hybridized carbons (Fsp3) is 0. The first-order chi connectivity index (χ1) is 35.2. The van der Waals surface area contributed by atoms with Crippen molar-refractivity contribution in [2.45, 2.75) is 0 Å². The van der Waals surface area contributed by atoms with Crippen molar-refractivity contribution in [1.29, 1.82) is 0 Å². The second-order valence-corrected chi connectivity index (χ2v) is 18.0. The van der Waals surface area contributed by atoms with E-state index in [0.29, 0.717) is 0 Å². The molecule has 0 saturated carbocycles. The standard InChI is InChI=1S/C68H45NO2/c1-5-19-48(20-6-1)60-45-61(49-35-37-53(38-36-49)69(51-27-9-3-10-28-51)52-29-11-4-12-30-52)67-58-41-39-54(70-64-33-17-25-46-21-13-15-31-56(46)64)43-62(58)63-44-55(71-65-34-18-26-47-22-14-16-32-57(47)65)40-42-59(63)68(67)66(60)50-23-7-2-8-24-50/h1-45H. The van der Waals surface area contributed by atoms with E-state index in [-0.39, 0.29) is 0 Å². The molecule has 0 N–H and O–H groups in total. The Labute approximate surface area is 412 Å². The molecule has 0 spiro atoms. The second-order valence-electron chi connectivity index (χ2n) is 18.0. The van der Waals surface area contributed by atoms with Gasteiger partial charge in [-0.05, 0) is 155 Å². The van der Waals surface area contributed by atoms with Crippen molar-refractivity contribution in [2.24, 2.45) is 0 Å². The Morgan fingerprint density at radius 1 is 0.254 bits per heavy atom. The van der Waals surface area contributed by atoms with E-state index >= 15 is 0 Å². The van der Waals surface area contributed by atoms with Gasteiger partial charge in [-0.25, -0.2) is 0 Å². The minimum atomic E-state index is 0.756. The zero-order valence-electron chi connectivity index (χ0n) is 38.7. The first-order valence-corrected chi connectivity index (χ1v) is 24.1. The third-order valence-electron chi connectivity index (χ3n) is 13.7. The molecule has 13 aromatic carbocycles. The van der Waals surface area contributed by atoms with E-state index in [4.69, 9.17) is 9.47 Å². The van der Waals surface area contributed by atoms with Crippen LogP contribution < -0.4 is 14.4 Å². The number of fused-ring (bicyclic) bond motifs is 8. The lowest BCUT2D eigenvalue weighted by molar-refractivity contribution is 0.488. The summed E-state index contributed by atoms with van der Waals surface area (Å²) >= 11 is 0. The van der Waals surface area contributed by atoms with Gasteiger partial charge in [-0.2, -0.15) is 0 Å². The number of hydrogen-bond acceptors (Lipinski definition) is 3. The van der Waals surface area contributed by atoms with Gasteiger partial charge in [-0.15, -0.1) is 0 Å². The van der Waals surface area contributed by atoms with Crippen LogP contribution in [0.2, 0.25) is 0 Å². The SMILES string of the molecule is c1ccc(-c2cc(-c3ccc(N(c4ccccc4)c4ccccc4)cc3)c3c4ccc(Oc5cccc6ccccc56)cc4c4cc(Oc5cccc6ccccc56)ccc4c3c2-c2ccccc2)cc1. The number of benzene rings is 13. The fourth-order valence-electron chi connectivity index (χ4n) is 10.5. The van der Waals surface area contributed by atoms with E-state index in [1.807, 2.05) is 0 Å². The van der Waals surface area contributed by atoms with Crippen LogP contribution in [0.4, 0.5) is 17.1 Å². The predicted molar refractivity (Wildman–Crippen MR) is 298 cm³/mol. The van der Waals surface area contributed by atoms with Crippen molar-refractivity contribution in [3.05, 3.63) is 273 Å². The molecular formula is C68H45NO2. The molecule has 0 aromatic heterocycles. The summed E-state index contributed by atoms with van der Waals surface area (Å²) < 4.78 is 13.8. The van der Waals surface area contributed by atoms with Crippen LogP contribution in [0.25, 0.3) is 87.2 Å². The van der Waals surface area contributed by atoms with Gasteiger partial charge in [-0.3, -0.25) is 0 Å². The molecule has 0 saturated heterocycles. The Kier molecular flexibility index (Phi) is 10.5. The third kappa shape index (κ3) is 7.67. The lowest BCUT2D eigenvalue weighted by Gasteiger charge is -2.26. The average molecular weight is 908 g/mol. The molecule has 13 aromatic rings. The van der Waals surface area contributed by atoms with Crippen LogP contribution >= 0.6 is 0 Å². The van der Waals surface area contributed by atoms with Crippen LogP contribution in [0.3, 0.4) is 0 Å². The molecule has 0 heterocycles. The summed E-state index contributed by atoms with van der Waals surface area (Å²) in [4.78, 5) is 2.31. The molecule has 0 radical (unpaired) electrons. The molecule has 0 amide bonds. The molecule has 0 aliphatic rings. The smallest absolute Gasteiger partial charge is 0.135 e. The quantitative estimate of drug-likeness (QED) is 0.128. The van der Waals surface area contributed by atoms with E-state index < -0.39 is 0 Å². The Bertz CT molecular complexity index is 4030. The zero-order chi connectivity index (χ0) is 47.1. The number of ether oxygens (including phenoxy) is 2. The summed E-state index contributed by atoms with van der Waals surface area (Å²) in [7, 11) is 0. The number of hydrogen-bond donors (Lipinski definition) is 0. The van der Waals surface area contributed by atoms with Crippen LogP contribution in [0.1, 0.15) is 0 Å². The third-order valence-corrected chi connectivity index (χ3v) is 13.7. The van der Waals surface area contributed by atoms with E-state index in [1.165, 1.54) is 16.3 Å². The van der Waals surface area contributed by atoms with E-state index in [0.717, 1.165) is 111 Å². The van der Waals surface area contributed by atoms with Crippen molar-refractivity contribution < 1.29 is 9.47 Å². The lowest BCUT2D eigenvalue weighted by atomic mass is 9.81. The van der Waals surface area contributed by atoms with Crippen LogP contribution in [-0.2, 0) is 0 Å². The first kappa shape index (κ1) is 41.7. The Hall–Kier alpha value is -9.44. The van der Waals surface area contributed by atoms with Crippen molar-refractivity contribution in [2.75, 3.05) is 4.90 Å². The van der Waals surface area contributed by atoms with Gasteiger partial charge in [0.05, 0.1) is 0 Å². The highest BCUT2D eigenvalue weighted by atomic mass is 16.5. The fourth-order valence-corrected chi connectivity index (χ4v) is 10.5. The maximum absolute atomic E-state index is 6.89. The number of anilines is 3. The normalized spacial score (nSPS) is 11.4. The molecule has 334 valence electrons. The van der Waals surface area contributed by atoms with Crippen molar-refractivity contribution in [3.63, 3.8) is 0 Å². The maximum Gasteiger partial charge on any atom is 0.135 e. The molecule has 0 aliphatic carbocycles. The molecule has 0 aliphatic heterocycles. The van der Waals surface area contributed by atoms with E-state index in [2.05, 4.69) is 278 Å². The topological polar surface area (TPSA) is 21.7 Å². The molecule has 3 heteroatoms. The molecular weight excluding hydrogens is 863 g/mol. The van der Waals surface area contributed by atoms with Gasteiger partial charge in [0.2, 0.25) is 0 Å². The minimum Gasteiger partial charge on any atom is -0.457 e. The summed E-state index contributed by atoms with van der Waals surface area (Å²) in [5.41, 5.74) is 10.1. The van der Waals surface area contributed by atoms with Crippen molar-refractivity contribution >= 4 is 70.9 Å². The number of rotatable bonds is 10. The Morgan fingerprint density at radius 2 is 0.676 bits per heavy atom. The Morgan fingerprint density at radius 3 is 1.21 bits per heavy atom. The van der Waals surface area contributed by atoms with Gasteiger partial charge >= 0.3 is 0 Å². The summed E-state index contributed by atoms with van der Waals surface area (Å²) in [6, 6.07) is 96.8. The Balaban J connectivity index is 1.10. The van der Waals surface area contributed by atoms with Gasteiger partial charge in [-0.1, -0.05) is 194 Å². The van der Waals surface area contributed by atoms with Crippen LogP contribution in [0.15, 0.2) is 273 Å². The van der Waals surface area contributed by atoms with Crippen LogP contribution in [-0.4, -0.2) is 0 Å². The monoisotopic (exact) mass is 907 g/mol. The van der Waals surface area contributed by atoms with Gasteiger partial charge in [0, 0.05) is 27.8 Å². The molecule has 0 fully saturated rings. The number of nitrogens with zero attached hydrogens (tertiary/aromatic N) is 1. The average Bonchev–Trinajstić information content (AvgIpc) is 3.44. The molecule has 71 heavy (non-hydrogen) atoms. The summed E-state index contributed by atoms with van der Waals surface area (Å²) in [5, 5.41) is 11.1. The maximum atomic E-state index is 6.89. The molecule has 3 nitrogen and oxygen atoms in total. The van der Waals surface area contributed by atoms with Crippen molar-refractivity contribution in [3.8, 4) is 56.4 Å². The highest BCUT2D eigenvalue weighted by Gasteiger charge is 2.23. The van der Waals surface area contributed by atoms with Crippen LogP contribution in [0, 0.1) is 0 Å². The van der Waals surface area contributed by atoms with E-state index in [1.54, 1.807) is 0 Å². The molecule has 0 atom stereocenters. The largest absolute Gasteiger partial charge is 0.457 e. The predicted octanol–water partition coefficient (Wildman–Crippen LogP) is 19.5. The zero-order valence-corrected chi connectivity index (χ0v) is 38.7. The minimum absolute atomic E-state index is 0.756.